The van der Waals surface area contributed by atoms with Gasteiger partial charge in [0.15, 0.2) is 5.78 Å². The first-order chi connectivity index (χ1) is 13.7. The third-order valence-corrected chi connectivity index (χ3v) is 8.49. The number of ketones is 1. The molecule has 1 amide bonds. The molecule has 5 heteroatoms. The van der Waals surface area contributed by atoms with Gasteiger partial charge in [0.05, 0.1) is 12.5 Å². The lowest BCUT2D eigenvalue weighted by Gasteiger charge is -2.43. The summed E-state index contributed by atoms with van der Waals surface area (Å²) in [6, 6.07) is 10.5. The van der Waals surface area contributed by atoms with Crippen LogP contribution in [-0.4, -0.2) is 42.8 Å². The molecule has 3 fully saturated rings. The van der Waals surface area contributed by atoms with Crippen molar-refractivity contribution in [2.24, 2.45) is 22.2 Å². The van der Waals surface area contributed by atoms with Crippen molar-refractivity contribution in [3.8, 4) is 6.07 Å². The van der Waals surface area contributed by atoms with E-state index in [1.807, 2.05) is 24.0 Å². The predicted molar refractivity (Wildman–Crippen MR) is 112 cm³/mol. The maximum atomic E-state index is 13.8. The lowest BCUT2D eigenvalue weighted by Crippen LogP contribution is -2.57. The average molecular weight is 394 g/mol. The molecule has 3 unspecified atom stereocenters. The fourth-order valence-electron chi connectivity index (χ4n) is 6.42. The second kappa shape index (κ2) is 6.58. The molecular formula is C24H31N3O2. The molecule has 1 aromatic rings. The third kappa shape index (κ3) is 2.51. The first-order valence-corrected chi connectivity index (χ1v) is 10.7. The van der Waals surface area contributed by atoms with E-state index in [1.165, 1.54) is 11.3 Å². The molecule has 0 spiro atoms. The average Bonchev–Trinajstić information content (AvgIpc) is 3.01. The zero-order valence-corrected chi connectivity index (χ0v) is 18.0. The summed E-state index contributed by atoms with van der Waals surface area (Å²) in [6.07, 6.45) is 1.68. The van der Waals surface area contributed by atoms with Gasteiger partial charge in [-0.2, -0.15) is 5.26 Å². The van der Waals surface area contributed by atoms with Crippen molar-refractivity contribution in [3.63, 3.8) is 0 Å². The monoisotopic (exact) mass is 393 g/mol. The van der Waals surface area contributed by atoms with Gasteiger partial charge in [-0.1, -0.05) is 39.0 Å². The summed E-state index contributed by atoms with van der Waals surface area (Å²) in [5.74, 6) is -0.136. The third-order valence-electron chi connectivity index (χ3n) is 8.49. The van der Waals surface area contributed by atoms with Crippen LogP contribution in [0.25, 0.3) is 0 Å². The lowest BCUT2D eigenvalue weighted by atomic mass is 9.66. The van der Waals surface area contributed by atoms with E-state index in [0.717, 1.165) is 25.9 Å². The van der Waals surface area contributed by atoms with Crippen molar-refractivity contribution >= 4 is 17.4 Å². The molecule has 1 heterocycles. The number of para-hydroxylation sites is 1. The van der Waals surface area contributed by atoms with Crippen molar-refractivity contribution in [2.45, 2.75) is 47.0 Å². The summed E-state index contributed by atoms with van der Waals surface area (Å²) >= 11 is 0. The fraction of sp³-hybridized carbons (Fsp3) is 0.625. The Balaban J connectivity index is 1.58. The summed E-state index contributed by atoms with van der Waals surface area (Å²) in [6.45, 7) is 11.0. The number of piperazine rings is 1. The highest BCUT2D eigenvalue weighted by Gasteiger charge is 2.75. The molecule has 0 aromatic heterocycles. The Labute approximate surface area is 173 Å². The molecule has 4 rings (SSSR count). The van der Waals surface area contributed by atoms with E-state index in [4.69, 9.17) is 0 Å². The minimum absolute atomic E-state index is 0.00631. The van der Waals surface area contributed by atoms with E-state index < -0.39 is 10.8 Å². The second-order valence-corrected chi connectivity index (χ2v) is 9.85. The second-order valence-electron chi connectivity index (χ2n) is 9.85. The number of aryl methyl sites for hydroxylation is 1. The van der Waals surface area contributed by atoms with Crippen LogP contribution in [0.5, 0.6) is 0 Å². The van der Waals surface area contributed by atoms with E-state index in [2.05, 4.69) is 43.9 Å². The van der Waals surface area contributed by atoms with Crippen molar-refractivity contribution in [1.82, 2.24) is 4.90 Å². The molecule has 1 aromatic carbocycles. The molecule has 2 saturated carbocycles. The van der Waals surface area contributed by atoms with Crippen molar-refractivity contribution in [3.05, 3.63) is 29.8 Å². The number of carbonyl (C=O) groups excluding carboxylic acids is 2. The summed E-state index contributed by atoms with van der Waals surface area (Å²) in [5, 5.41) is 9.58. The minimum Gasteiger partial charge on any atom is -0.368 e. The van der Waals surface area contributed by atoms with Gasteiger partial charge in [0, 0.05) is 37.3 Å². The molecule has 3 atom stereocenters. The molecule has 29 heavy (non-hydrogen) atoms. The van der Waals surface area contributed by atoms with Crippen LogP contribution in [0.15, 0.2) is 24.3 Å². The Morgan fingerprint density at radius 3 is 2.38 bits per heavy atom. The summed E-state index contributed by atoms with van der Waals surface area (Å²) < 4.78 is 0. The maximum Gasteiger partial charge on any atom is 0.237 e. The number of hydrogen-bond donors (Lipinski definition) is 0. The number of hydrogen-bond acceptors (Lipinski definition) is 4. The van der Waals surface area contributed by atoms with E-state index in [0.29, 0.717) is 13.1 Å². The smallest absolute Gasteiger partial charge is 0.237 e. The molecule has 2 aliphatic carbocycles. The first-order valence-electron chi connectivity index (χ1n) is 10.7. The summed E-state index contributed by atoms with van der Waals surface area (Å²) in [4.78, 5) is 31.6. The van der Waals surface area contributed by atoms with Crippen LogP contribution in [0.4, 0.5) is 5.69 Å². The van der Waals surface area contributed by atoms with Gasteiger partial charge in [-0.15, -0.1) is 0 Å². The molecule has 0 radical (unpaired) electrons. The van der Waals surface area contributed by atoms with Crippen molar-refractivity contribution in [1.29, 1.82) is 5.26 Å². The predicted octanol–water partition coefficient (Wildman–Crippen LogP) is 3.57. The van der Waals surface area contributed by atoms with Gasteiger partial charge < -0.3 is 9.80 Å². The Bertz CT molecular complexity index is 894. The Morgan fingerprint density at radius 2 is 1.83 bits per heavy atom. The zero-order chi connectivity index (χ0) is 21.0. The maximum absolute atomic E-state index is 13.8. The van der Waals surface area contributed by atoms with Crippen LogP contribution in [0.3, 0.4) is 0 Å². The molecule has 2 bridgehead atoms. The normalized spacial score (nSPS) is 33.1. The van der Waals surface area contributed by atoms with Crippen LogP contribution in [0.1, 0.15) is 45.6 Å². The molecule has 5 nitrogen and oxygen atoms in total. The Morgan fingerprint density at radius 1 is 1.17 bits per heavy atom. The summed E-state index contributed by atoms with van der Waals surface area (Å²) in [7, 11) is 0. The van der Waals surface area contributed by atoms with Crippen molar-refractivity contribution in [2.75, 3.05) is 31.1 Å². The number of fused-ring (bicyclic) bond motifs is 2. The molecule has 154 valence electrons. The van der Waals surface area contributed by atoms with E-state index in [-0.39, 0.29) is 29.4 Å². The number of nitrogens with zero attached hydrogens (tertiary/aromatic N) is 3. The van der Waals surface area contributed by atoms with E-state index in [1.54, 1.807) is 0 Å². The number of rotatable bonds is 3. The van der Waals surface area contributed by atoms with Crippen LogP contribution in [-0.2, 0) is 9.59 Å². The molecule has 3 aliphatic rings. The summed E-state index contributed by atoms with van der Waals surface area (Å²) in [5.41, 5.74) is 0.519. The number of nitriles is 1. The number of amides is 1. The number of Topliss-reactive ketones (excluding diaryl/α,β-unsaturated/α-hetero) is 1. The van der Waals surface area contributed by atoms with Crippen LogP contribution in [0, 0.1) is 40.4 Å². The number of benzene rings is 1. The van der Waals surface area contributed by atoms with Crippen LogP contribution >= 0.6 is 0 Å². The topological polar surface area (TPSA) is 64.4 Å². The Hall–Kier alpha value is -2.35. The number of carbonyl (C=O) groups is 2. The first kappa shape index (κ1) is 19.9. The zero-order valence-electron chi connectivity index (χ0n) is 18.0. The van der Waals surface area contributed by atoms with Gasteiger partial charge in [-0.25, -0.2) is 0 Å². The van der Waals surface area contributed by atoms with E-state index >= 15 is 0 Å². The highest BCUT2D eigenvalue weighted by Crippen LogP contribution is 2.71. The van der Waals surface area contributed by atoms with Crippen LogP contribution in [0.2, 0.25) is 0 Å². The van der Waals surface area contributed by atoms with Gasteiger partial charge in [0.25, 0.3) is 0 Å². The highest BCUT2D eigenvalue weighted by molar-refractivity contribution is 6.12. The minimum atomic E-state index is -1.16. The highest BCUT2D eigenvalue weighted by atomic mass is 16.2. The lowest BCUT2D eigenvalue weighted by molar-refractivity contribution is -0.154. The standard InChI is InChI=1S/C24H31N3O2/c1-17-7-5-6-8-18(17)26-13-15-27(16-14-26)21(29)24(11-12-25)19-9-10-23(4,20(24)28)22(19,2)3/h5-8,19H,9-11,13-16H2,1-4H3. The van der Waals surface area contributed by atoms with Crippen molar-refractivity contribution < 1.29 is 9.59 Å². The fourth-order valence-corrected chi connectivity index (χ4v) is 6.42. The molecule has 0 N–H and O–H groups in total. The van der Waals surface area contributed by atoms with Gasteiger partial charge in [-0.3, -0.25) is 9.59 Å². The molecule has 1 saturated heterocycles. The van der Waals surface area contributed by atoms with E-state index in [9.17, 15) is 14.9 Å². The van der Waals surface area contributed by atoms with Gasteiger partial charge >= 0.3 is 0 Å². The largest absolute Gasteiger partial charge is 0.368 e. The van der Waals surface area contributed by atoms with Gasteiger partial charge in [0.2, 0.25) is 5.91 Å². The molecular weight excluding hydrogens is 362 g/mol. The van der Waals surface area contributed by atoms with Crippen LogP contribution < -0.4 is 4.90 Å². The quantitative estimate of drug-likeness (QED) is 0.737. The van der Waals surface area contributed by atoms with Gasteiger partial charge in [0.1, 0.15) is 5.41 Å². The van der Waals surface area contributed by atoms with Gasteiger partial charge in [-0.05, 0) is 42.7 Å². The number of anilines is 1. The molecule has 1 aliphatic heterocycles. The SMILES string of the molecule is Cc1ccccc1N1CCN(C(=O)C2(CC#N)C(=O)C3(C)CCC2C3(C)C)CC1. The Kier molecular flexibility index (Phi) is 4.53.